The summed E-state index contributed by atoms with van der Waals surface area (Å²) in [7, 11) is 1.59. The number of carbonyl (C=O) groups is 2. The molecule has 0 bridgehead atoms. The molecule has 0 fully saturated rings. The van der Waals surface area contributed by atoms with Crippen molar-refractivity contribution in [3.05, 3.63) is 59.7 Å². The highest BCUT2D eigenvalue weighted by atomic mass is 16.5. The van der Waals surface area contributed by atoms with Gasteiger partial charge in [-0.15, -0.1) is 0 Å². The number of benzene rings is 2. The number of ether oxygens (including phenoxy) is 1. The van der Waals surface area contributed by atoms with Crippen LogP contribution in [0.3, 0.4) is 0 Å². The Labute approximate surface area is 129 Å². The summed E-state index contributed by atoms with van der Waals surface area (Å²) < 4.78 is 5.04. The third-order valence-electron chi connectivity index (χ3n) is 3.08. The first-order chi connectivity index (χ1) is 10.7. The minimum Gasteiger partial charge on any atom is -0.462 e. The summed E-state index contributed by atoms with van der Waals surface area (Å²) in [4.78, 5) is 23.4. The van der Waals surface area contributed by atoms with Crippen LogP contribution in [0.15, 0.2) is 48.5 Å². The molecule has 114 valence electrons. The lowest BCUT2D eigenvalue weighted by Crippen LogP contribution is -2.17. The molecule has 1 amide bonds. The van der Waals surface area contributed by atoms with Gasteiger partial charge in [-0.05, 0) is 43.3 Å². The van der Waals surface area contributed by atoms with E-state index in [2.05, 4.69) is 10.6 Å². The molecule has 0 aliphatic rings. The van der Waals surface area contributed by atoms with Crippen molar-refractivity contribution in [2.24, 2.45) is 0 Å². The van der Waals surface area contributed by atoms with Gasteiger partial charge >= 0.3 is 5.97 Å². The molecular weight excluding hydrogens is 280 g/mol. The second-order valence-corrected chi connectivity index (χ2v) is 4.55. The Bertz CT molecular complexity index is 666. The monoisotopic (exact) mass is 298 g/mol. The molecule has 0 radical (unpaired) electrons. The van der Waals surface area contributed by atoms with Crippen molar-refractivity contribution in [1.29, 1.82) is 0 Å². The largest absolute Gasteiger partial charge is 0.462 e. The fraction of sp³-hybridized carbons (Fsp3) is 0.176. The molecule has 0 heterocycles. The van der Waals surface area contributed by atoms with Crippen molar-refractivity contribution < 1.29 is 14.3 Å². The molecule has 0 saturated carbocycles. The van der Waals surface area contributed by atoms with Gasteiger partial charge in [0.05, 0.1) is 17.9 Å². The summed E-state index contributed by atoms with van der Waals surface area (Å²) in [6.07, 6.45) is 0. The zero-order valence-electron chi connectivity index (χ0n) is 12.6. The lowest BCUT2D eigenvalue weighted by molar-refractivity contribution is 0.0527. The van der Waals surface area contributed by atoms with Crippen LogP contribution in [0.5, 0.6) is 0 Å². The number of esters is 1. The number of nitrogens with one attached hydrogen (secondary N) is 2. The molecule has 22 heavy (non-hydrogen) atoms. The first kappa shape index (κ1) is 15.6. The van der Waals surface area contributed by atoms with Gasteiger partial charge in [-0.3, -0.25) is 4.79 Å². The van der Waals surface area contributed by atoms with Gasteiger partial charge in [0.1, 0.15) is 0 Å². The summed E-state index contributed by atoms with van der Waals surface area (Å²) >= 11 is 0. The Morgan fingerprint density at radius 2 is 1.73 bits per heavy atom. The Balaban J connectivity index is 2.20. The molecule has 0 aliphatic carbocycles. The minimum absolute atomic E-state index is 0.140. The molecule has 0 atom stereocenters. The van der Waals surface area contributed by atoms with E-state index >= 15 is 0 Å². The van der Waals surface area contributed by atoms with Crippen molar-refractivity contribution in [2.45, 2.75) is 6.92 Å². The number of rotatable bonds is 5. The van der Waals surface area contributed by atoms with Crippen LogP contribution in [0.1, 0.15) is 27.6 Å². The van der Waals surface area contributed by atoms with E-state index in [1.54, 1.807) is 56.4 Å². The van der Waals surface area contributed by atoms with Gasteiger partial charge in [0.25, 0.3) is 5.91 Å². The Morgan fingerprint density at radius 1 is 1.05 bits per heavy atom. The lowest BCUT2D eigenvalue weighted by atomic mass is 10.1. The summed E-state index contributed by atoms with van der Waals surface area (Å²) in [6.45, 7) is 2.10. The quantitative estimate of drug-likeness (QED) is 0.833. The Morgan fingerprint density at radius 3 is 2.36 bits per heavy atom. The predicted octanol–water partition coefficient (Wildman–Crippen LogP) is 2.97. The highest BCUT2D eigenvalue weighted by molar-refractivity contribution is 5.97. The Hall–Kier alpha value is -2.82. The van der Waals surface area contributed by atoms with Crippen LogP contribution in [0, 0.1) is 0 Å². The Kier molecular flexibility index (Phi) is 5.14. The van der Waals surface area contributed by atoms with Crippen LogP contribution in [-0.4, -0.2) is 25.5 Å². The first-order valence-electron chi connectivity index (χ1n) is 7.01. The normalized spacial score (nSPS) is 9.91. The number of amides is 1. The molecule has 2 N–H and O–H groups in total. The molecule has 0 unspecified atom stereocenters. The molecule has 2 rings (SSSR count). The summed E-state index contributed by atoms with van der Waals surface area (Å²) in [6, 6.07) is 14.1. The van der Waals surface area contributed by atoms with Crippen molar-refractivity contribution in [2.75, 3.05) is 19.0 Å². The maximum atomic E-state index is 11.9. The highest BCUT2D eigenvalue weighted by Gasteiger charge is 2.12. The average Bonchev–Trinajstić information content (AvgIpc) is 2.55. The second-order valence-electron chi connectivity index (χ2n) is 4.55. The number of carbonyl (C=O) groups excluding carboxylic acids is 2. The van der Waals surface area contributed by atoms with Crippen molar-refractivity contribution >= 4 is 23.3 Å². The van der Waals surface area contributed by atoms with Crippen molar-refractivity contribution in [3.8, 4) is 0 Å². The van der Waals surface area contributed by atoms with E-state index in [0.717, 1.165) is 5.69 Å². The summed E-state index contributed by atoms with van der Waals surface area (Å²) in [5.41, 5.74) is 2.49. The second kappa shape index (κ2) is 7.26. The van der Waals surface area contributed by atoms with E-state index < -0.39 is 0 Å². The molecule has 5 nitrogen and oxygen atoms in total. The van der Waals surface area contributed by atoms with Gasteiger partial charge in [-0.1, -0.05) is 12.1 Å². The summed E-state index contributed by atoms with van der Waals surface area (Å²) in [5, 5.41) is 5.73. The maximum Gasteiger partial charge on any atom is 0.340 e. The predicted molar refractivity (Wildman–Crippen MR) is 85.5 cm³/mol. The molecule has 0 spiro atoms. The lowest BCUT2D eigenvalue weighted by Gasteiger charge is -2.11. The van der Waals surface area contributed by atoms with E-state index in [1.807, 2.05) is 6.07 Å². The van der Waals surface area contributed by atoms with Gasteiger partial charge < -0.3 is 15.4 Å². The van der Waals surface area contributed by atoms with Gasteiger partial charge in [0.2, 0.25) is 0 Å². The number of anilines is 2. The van der Waals surface area contributed by atoms with Crippen LogP contribution in [-0.2, 0) is 4.74 Å². The smallest absolute Gasteiger partial charge is 0.340 e. The fourth-order valence-corrected chi connectivity index (χ4v) is 1.98. The molecule has 5 heteroatoms. The van der Waals surface area contributed by atoms with Crippen molar-refractivity contribution in [3.63, 3.8) is 0 Å². The van der Waals surface area contributed by atoms with Crippen LogP contribution >= 0.6 is 0 Å². The SMILES string of the molecule is CCOC(=O)c1ccccc1Nc1ccc(C(=O)NC)cc1. The minimum atomic E-state index is -0.368. The van der Waals surface area contributed by atoms with Gasteiger partial charge in [0.15, 0.2) is 0 Å². The zero-order chi connectivity index (χ0) is 15.9. The zero-order valence-corrected chi connectivity index (χ0v) is 12.6. The third kappa shape index (κ3) is 3.63. The molecule has 0 aromatic heterocycles. The van der Waals surface area contributed by atoms with Crippen LogP contribution in [0.2, 0.25) is 0 Å². The highest BCUT2D eigenvalue weighted by Crippen LogP contribution is 2.22. The topological polar surface area (TPSA) is 67.4 Å². The third-order valence-corrected chi connectivity index (χ3v) is 3.08. The van der Waals surface area contributed by atoms with Gasteiger partial charge in [0, 0.05) is 18.3 Å². The number of hydrogen-bond acceptors (Lipinski definition) is 4. The van der Waals surface area contributed by atoms with Crippen LogP contribution < -0.4 is 10.6 Å². The van der Waals surface area contributed by atoms with E-state index in [0.29, 0.717) is 23.4 Å². The van der Waals surface area contributed by atoms with Gasteiger partial charge in [-0.25, -0.2) is 4.79 Å². The average molecular weight is 298 g/mol. The fourth-order valence-electron chi connectivity index (χ4n) is 1.98. The van der Waals surface area contributed by atoms with Crippen LogP contribution in [0.25, 0.3) is 0 Å². The molecule has 0 saturated heterocycles. The standard InChI is InChI=1S/C17H18N2O3/c1-3-22-17(21)14-6-4-5-7-15(14)19-13-10-8-12(9-11-13)16(20)18-2/h4-11,19H,3H2,1-2H3,(H,18,20). The van der Waals surface area contributed by atoms with Crippen LogP contribution in [0.4, 0.5) is 11.4 Å². The molecule has 0 aliphatic heterocycles. The van der Waals surface area contributed by atoms with E-state index in [-0.39, 0.29) is 11.9 Å². The van der Waals surface area contributed by atoms with Crippen molar-refractivity contribution in [1.82, 2.24) is 5.32 Å². The molecule has 2 aromatic rings. The number of hydrogen-bond donors (Lipinski definition) is 2. The maximum absolute atomic E-state index is 11.9. The molecular formula is C17H18N2O3. The molecule has 2 aromatic carbocycles. The van der Waals surface area contributed by atoms with Gasteiger partial charge in [-0.2, -0.15) is 0 Å². The van der Waals surface area contributed by atoms with E-state index in [4.69, 9.17) is 4.74 Å². The number of para-hydroxylation sites is 1. The first-order valence-corrected chi connectivity index (χ1v) is 7.01. The van der Waals surface area contributed by atoms with E-state index in [9.17, 15) is 9.59 Å². The van der Waals surface area contributed by atoms with E-state index in [1.165, 1.54) is 0 Å². The summed E-state index contributed by atoms with van der Waals surface area (Å²) in [5.74, 6) is -0.508.